The quantitative estimate of drug-likeness (QED) is 0.775. The van der Waals surface area contributed by atoms with Gasteiger partial charge in [-0.25, -0.2) is 0 Å². The molecule has 0 saturated heterocycles. The number of anilines is 1. The fourth-order valence-corrected chi connectivity index (χ4v) is 3.09. The van der Waals surface area contributed by atoms with Gasteiger partial charge in [0.2, 0.25) is 5.91 Å². The lowest BCUT2D eigenvalue weighted by atomic mass is 10.00. The van der Waals surface area contributed by atoms with Crippen molar-refractivity contribution in [2.75, 3.05) is 5.32 Å². The summed E-state index contributed by atoms with van der Waals surface area (Å²) in [6.07, 6.45) is 0.253. The molecule has 0 unspecified atom stereocenters. The number of nitrogens with one attached hydrogen (secondary N) is 1. The maximum absolute atomic E-state index is 12.6. The van der Waals surface area contributed by atoms with Crippen LogP contribution in [0.5, 0.6) is 0 Å². The molecule has 2 aromatic carbocycles. The number of halogens is 3. The van der Waals surface area contributed by atoms with Gasteiger partial charge in [-0.1, -0.05) is 39.1 Å². The second-order valence-corrected chi connectivity index (χ2v) is 6.37. The van der Waals surface area contributed by atoms with Crippen molar-refractivity contribution in [2.24, 2.45) is 0 Å². The van der Waals surface area contributed by atoms with E-state index in [1.165, 1.54) is 0 Å². The first-order valence-electron chi connectivity index (χ1n) is 6.08. The van der Waals surface area contributed by atoms with E-state index in [1.54, 1.807) is 30.3 Å². The van der Waals surface area contributed by atoms with Crippen LogP contribution in [-0.2, 0) is 11.2 Å². The van der Waals surface area contributed by atoms with Crippen molar-refractivity contribution in [1.82, 2.24) is 0 Å². The number of rotatable bonds is 2. The van der Waals surface area contributed by atoms with Crippen LogP contribution in [0, 0.1) is 0 Å². The molecule has 1 amide bonds. The van der Waals surface area contributed by atoms with Crippen LogP contribution in [0.15, 0.2) is 34.8 Å². The van der Waals surface area contributed by atoms with Gasteiger partial charge in [-0.15, -0.1) is 0 Å². The molecule has 0 saturated carbocycles. The van der Waals surface area contributed by atoms with E-state index in [4.69, 9.17) is 23.2 Å². The molecule has 1 aliphatic heterocycles. The van der Waals surface area contributed by atoms with Gasteiger partial charge in [-0.05, 0) is 35.9 Å². The van der Waals surface area contributed by atoms with Crippen LogP contribution in [0.2, 0.25) is 10.0 Å². The van der Waals surface area contributed by atoms with Gasteiger partial charge >= 0.3 is 0 Å². The molecule has 106 valence electrons. The Morgan fingerprint density at radius 1 is 1.14 bits per heavy atom. The number of carbonyl (C=O) groups excluding carboxylic acids is 2. The van der Waals surface area contributed by atoms with Crippen molar-refractivity contribution in [2.45, 2.75) is 6.42 Å². The van der Waals surface area contributed by atoms with Gasteiger partial charge < -0.3 is 5.32 Å². The van der Waals surface area contributed by atoms with Gasteiger partial charge in [0.1, 0.15) is 0 Å². The highest BCUT2D eigenvalue weighted by molar-refractivity contribution is 9.10. The minimum Gasteiger partial charge on any atom is -0.325 e. The molecular weight excluding hydrogens is 377 g/mol. The third-order valence-electron chi connectivity index (χ3n) is 3.24. The predicted octanol–water partition coefficient (Wildman–Crippen LogP) is 4.48. The summed E-state index contributed by atoms with van der Waals surface area (Å²) in [7, 11) is 0. The summed E-state index contributed by atoms with van der Waals surface area (Å²) in [6.45, 7) is 0. The highest BCUT2D eigenvalue weighted by Gasteiger charge is 2.23. The van der Waals surface area contributed by atoms with Crippen LogP contribution in [0.1, 0.15) is 21.5 Å². The van der Waals surface area contributed by atoms with Crippen LogP contribution in [0.3, 0.4) is 0 Å². The zero-order valence-electron chi connectivity index (χ0n) is 10.5. The molecular formula is C15H8BrCl2NO2. The molecule has 0 radical (unpaired) electrons. The third-order valence-corrected chi connectivity index (χ3v) is 4.47. The molecule has 0 atom stereocenters. The Labute approximate surface area is 139 Å². The van der Waals surface area contributed by atoms with Gasteiger partial charge in [0, 0.05) is 26.3 Å². The minimum absolute atomic E-state index is 0.102. The van der Waals surface area contributed by atoms with Gasteiger partial charge in [0.05, 0.1) is 11.4 Å². The maximum atomic E-state index is 12.6. The number of hydrogen-bond donors (Lipinski definition) is 1. The number of fused-ring (bicyclic) bond motifs is 1. The van der Waals surface area contributed by atoms with Crippen LogP contribution >= 0.6 is 39.1 Å². The Bertz CT molecular complexity index is 789. The Kier molecular flexibility index (Phi) is 3.78. The average molecular weight is 385 g/mol. The molecule has 0 aromatic heterocycles. The minimum atomic E-state index is -0.239. The van der Waals surface area contributed by atoms with E-state index in [2.05, 4.69) is 21.2 Å². The van der Waals surface area contributed by atoms with E-state index in [-0.39, 0.29) is 18.1 Å². The number of amides is 1. The lowest BCUT2D eigenvalue weighted by Crippen LogP contribution is -2.04. The molecule has 1 aliphatic rings. The van der Waals surface area contributed by atoms with Gasteiger partial charge in [-0.3, -0.25) is 9.59 Å². The summed E-state index contributed by atoms with van der Waals surface area (Å²) in [6, 6.07) is 8.25. The number of carbonyl (C=O) groups is 2. The fraction of sp³-hybridized carbons (Fsp3) is 0.0667. The van der Waals surface area contributed by atoms with E-state index in [9.17, 15) is 9.59 Å². The molecule has 2 aromatic rings. The first kappa shape index (κ1) is 14.6. The van der Waals surface area contributed by atoms with Crippen LogP contribution < -0.4 is 5.32 Å². The highest BCUT2D eigenvalue weighted by Crippen LogP contribution is 2.32. The number of ketones is 1. The first-order chi connectivity index (χ1) is 9.95. The lowest BCUT2D eigenvalue weighted by Gasteiger charge is -2.08. The van der Waals surface area contributed by atoms with Crippen LogP contribution in [-0.4, -0.2) is 11.7 Å². The molecule has 1 heterocycles. The molecule has 6 heteroatoms. The summed E-state index contributed by atoms with van der Waals surface area (Å²) in [5, 5.41) is 3.47. The van der Waals surface area contributed by atoms with E-state index >= 15 is 0 Å². The monoisotopic (exact) mass is 383 g/mol. The topological polar surface area (TPSA) is 46.2 Å². The van der Waals surface area contributed by atoms with E-state index in [1.807, 2.05) is 0 Å². The van der Waals surface area contributed by atoms with E-state index in [0.29, 0.717) is 31.3 Å². The second kappa shape index (κ2) is 5.44. The summed E-state index contributed by atoms with van der Waals surface area (Å²) in [5.74, 6) is -0.342. The van der Waals surface area contributed by atoms with Gasteiger partial charge in [-0.2, -0.15) is 0 Å². The average Bonchev–Trinajstić information content (AvgIpc) is 2.79. The standard InChI is InChI=1S/C15H8BrCl2NO2/c16-11-2-1-8(17)5-9(11)15(21)10-3-7-4-14(20)19-13(7)6-12(10)18/h1-3,5-6H,4H2,(H,19,20). The lowest BCUT2D eigenvalue weighted by molar-refractivity contribution is -0.115. The molecule has 0 aliphatic carbocycles. The second-order valence-electron chi connectivity index (χ2n) is 4.67. The van der Waals surface area contributed by atoms with Crippen molar-refractivity contribution >= 4 is 56.5 Å². The largest absolute Gasteiger partial charge is 0.325 e. The summed E-state index contributed by atoms with van der Waals surface area (Å²) in [4.78, 5) is 24.0. The normalized spacial score (nSPS) is 13.0. The van der Waals surface area contributed by atoms with Crippen molar-refractivity contribution in [3.8, 4) is 0 Å². The predicted molar refractivity (Wildman–Crippen MR) is 86.4 cm³/mol. The Hall–Kier alpha value is -1.36. The van der Waals surface area contributed by atoms with Crippen molar-refractivity contribution < 1.29 is 9.59 Å². The van der Waals surface area contributed by atoms with Crippen LogP contribution in [0.25, 0.3) is 0 Å². The van der Waals surface area contributed by atoms with Gasteiger partial charge in [0.25, 0.3) is 0 Å². The Morgan fingerprint density at radius 2 is 1.90 bits per heavy atom. The van der Waals surface area contributed by atoms with Crippen molar-refractivity contribution in [1.29, 1.82) is 0 Å². The summed E-state index contributed by atoms with van der Waals surface area (Å²) < 4.78 is 0.641. The maximum Gasteiger partial charge on any atom is 0.228 e. The highest BCUT2D eigenvalue weighted by atomic mass is 79.9. The van der Waals surface area contributed by atoms with Gasteiger partial charge in [0.15, 0.2) is 5.78 Å². The SMILES string of the molecule is O=C1Cc2cc(C(=O)c3cc(Cl)ccc3Br)c(Cl)cc2N1. The molecule has 0 fully saturated rings. The zero-order chi connectivity index (χ0) is 15.1. The van der Waals surface area contributed by atoms with E-state index < -0.39 is 0 Å². The number of hydrogen-bond acceptors (Lipinski definition) is 2. The zero-order valence-corrected chi connectivity index (χ0v) is 13.6. The molecule has 1 N–H and O–H groups in total. The molecule has 0 bridgehead atoms. The van der Waals surface area contributed by atoms with Crippen LogP contribution in [0.4, 0.5) is 5.69 Å². The van der Waals surface area contributed by atoms with Crippen molar-refractivity contribution in [3.63, 3.8) is 0 Å². The van der Waals surface area contributed by atoms with Crippen molar-refractivity contribution in [3.05, 3.63) is 61.5 Å². The smallest absolute Gasteiger partial charge is 0.228 e. The summed E-state index contributed by atoms with van der Waals surface area (Å²) in [5.41, 5.74) is 2.22. The fourth-order valence-electron chi connectivity index (χ4n) is 2.24. The molecule has 3 nitrogen and oxygen atoms in total. The Morgan fingerprint density at radius 3 is 2.67 bits per heavy atom. The number of benzene rings is 2. The first-order valence-corrected chi connectivity index (χ1v) is 7.62. The molecule has 3 rings (SSSR count). The third kappa shape index (κ3) is 2.71. The Balaban J connectivity index is 2.09. The molecule has 0 spiro atoms. The van der Waals surface area contributed by atoms with E-state index in [0.717, 1.165) is 5.56 Å². The summed E-state index contributed by atoms with van der Waals surface area (Å²) >= 11 is 15.4. The molecule has 21 heavy (non-hydrogen) atoms.